The summed E-state index contributed by atoms with van der Waals surface area (Å²) in [6.07, 6.45) is 3.89. The minimum absolute atomic E-state index is 0.0652. The molecule has 2 aromatic rings. The van der Waals surface area contributed by atoms with Crippen LogP contribution in [0, 0.1) is 12.7 Å². The number of aromatic nitrogens is 1. The van der Waals surface area contributed by atoms with E-state index < -0.39 is 11.4 Å². The molecule has 4 rings (SSSR count). The van der Waals surface area contributed by atoms with Crippen LogP contribution < -0.4 is 5.32 Å². The van der Waals surface area contributed by atoms with E-state index in [1.165, 1.54) is 23.5 Å². The summed E-state index contributed by atoms with van der Waals surface area (Å²) in [5.41, 5.74) is 2.82. The lowest BCUT2D eigenvalue weighted by atomic mass is 9.78. The number of carbonyl (C=O) groups excluding carboxylic acids is 1. The molecular formula is C21H26FN3O3S. The van der Waals surface area contributed by atoms with Crippen molar-refractivity contribution in [2.24, 2.45) is 0 Å². The fourth-order valence-corrected chi connectivity index (χ4v) is 5.15. The van der Waals surface area contributed by atoms with Crippen molar-refractivity contribution < 1.29 is 19.0 Å². The number of ether oxygens (including phenoxy) is 1. The molecule has 2 atom stereocenters. The molecule has 0 bridgehead atoms. The van der Waals surface area contributed by atoms with Gasteiger partial charge < -0.3 is 15.2 Å². The minimum Gasteiger partial charge on any atom is -0.505 e. The number of aryl methyl sites for hydroxylation is 1. The van der Waals surface area contributed by atoms with Crippen LogP contribution in [0.5, 0.6) is 5.75 Å². The Balaban J connectivity index is 1.48. The van der Waals surface area contributed by atoms with Gasteiger partial charge in [-0.2, -0.15) is 0 Å². The lowest BCUT2D eigenvalue weighted by Crippen LogP contribution is -2.63. The van der Waals surface area contributed by atoms with E-state index in [1.807, 2.05) is 6.92 Å². The summed E-state index contributed by atoms with van der Waals surface area (Å²) in [6.45, 7) is 4.43. The number of amides is 1. The Hall–Kier alpha value is -2.03. The van der Waals surface area contributed by atoms with Crippen LogP contribution in [0.3, 0.4) is 0 Å². The minimum atomic E-state index is -0.604. The second-order valence-corrected chi connectivity index (χ2v) is 8.80. The van der Waals surface area contributed by atoms with Crippen LogP contribution in [-0.2, 0) is 11.3 Å². The van der Waals surface area contributed by atoms with Crippen LogP contribution in [0.25, 0.3) is 0 Å². The highest BCUT2D eigenvalue weighted by Crippen LogP contribution is 2.36. The molecule has 1 amide bonds. The first-order valence-electron chi connectivity index (χ1n) is 10.0. The number of benzene rings is 1. The molecule has 1 spiro atoms. The number of phenols is 1. The maximum Gasteiger partial charge on any atom is 0.263 e. The maximum absolute atomic E-state index is 13.7. The average Bonchev–Trinajstić information content (AvgIpc) is 3.13. The number of thiazole rings is 1. The number of hydrogen-bond acceptors (Lipinski definition) is 6. The van der Waals surface area contributed by atoms with E-state index in [0.717, 1.165) is 43.5 Å². The van der Waals surface area contributed by atoms with Gasteiger partial charge in [-0.1, -0.05) is 18.9 Å². The number of carbonyl (C=O) groups is 1. The highest BCUT2D eigenvalue weighted by Gasteiger charge is 2.46. The summed E-state index contributed by atoms with van der Waals surface area (Å²) in [4.78, 5) is 19.9. The number of nitrogens with one attached hydrogen (secondary N) is 1. The third-order valence-electron chi connectivity index (χ3n) is 5.94. The molecule has 2 heterocycles. The number of halogens is 1. The average molecular weight is 420 g/mol. The normalized spacial score (nSPS) is 25.2. The quantitative estimate of drug-likeness (QED) is 0.796. The highest BCUT2D eigenvalue weighted by atomic mass is 32.1. The monoisotopic (exact) mass is 419 g/mol. The Kier molecular flexibility index (Phi) is 5.85. The maximum atomic E-state index is 13.7. The predicted molar refractivity (Wildman–Crippen MR) is 109 cm³/mol. The molecule has 2 fully saturated rings. The summed E-state index contributed by atoms with van der Waals surface area (Å²) >= 11 is 1.36. The van der Waals surface area contributed by atoms with Crippen molar-refractivity contribution in [1.82, 2.24) is 15.2 Å². The molecule has 1 aliphatic heterocycles. The molecule has 156 valence electrons. The SMILES string of the molecule is Cc1ncsc1C(=O)N[C@@H]1CCCC[C@]12CN(Cc1ccc(O)c(F)c1)CCO2. The number of morpholine rings is 1. The van der Waals surface area contributed by atoms with Crippen molar-refractivity contribution in [3.63, 3.8) is 0 Å². The number of rotatable bonds is 4. The van der Waals surface area contributed by atoms with E-state index in [2.05, 4.69) is 15.2 Å². The highest BCUT2D eigenvalue weighted by molar-refractivity contribution is 7.11. The predicted octanol–water partition coefficient (Wildman–Crippen LogP) is 3.24. The third kappa shape index (κ3) is 4.29. The van der Waals surface area contributed by atoms with Gasteiger partial charge in [0.1, 0.15) is 10.5 Å². The molecule has 0 unspecified atom stereocenters. The van der Waals surface area contributed by atoms with Crippen molar-refractivity contribution in [2.45, 2.75) is 50.8 Å². The summed E-state index contributed by atoms with van der Waals surface area (Å²) in [7, 11) is 0. The van der Waals surface area contributed by atoms with Gasteiger partial charge in [0.15, 0.2) is 11.6 Å². The van der Waals surface area contributed by atoms with Crippen LogP contribution in [0.4, 0.5) is 4.39 Å². The van der Waals surface area contributed by atoms with E-state index in [1.54, 1.807) is 11.6 Å². The number of aromatic hydroxyl groups is 1. The Morgan fingerprint density at radius 2 is 2.34 bits per heavy atom. The fourth-order valence-electron chi connectivity index (χ4n) is 4.44. The molecule has 2 N–H and O–H groups in total. The summed E-state index contributed by atoms with van der Waals surface area (Å²) in [6, 6.07) is 4.45. The molecule has 8 heteroatoms. The van der Waals surface area contributed by atoms with E-state index >= 15 is 0 Å². The molecular weight excluding hydrogens is 393 g/mol. The number of phenolic OH excluding ortho intramolecular Hbond substituents is 1. The van der Waals surface area contributed by atoms with Crippen molar-refractivity contribution >= 4 is 17.2 Å². The first-order chi connectivity index (χ1) is 14.0. The van der Waals surface area contributed by atoms with Gasteiger partial charge in [0.2, 0.25) is 0 Å². The van der Waals surface area contributed by atoms with Crippen molar-refractivity contribution in [1.29, 1.82) is 0 Å². The van der Waals surface area contributed by atoms with Crippen molar-refractivity contribution in [3.8, 4) is 5.75 Å². The van der Waals surface area contributed by atoms with Crippen LogP contribution in [-0.4, -0.2) is 52.2 Å². The molecule has 1 aliphatic carbocycles. The van der Waals surface area contributed by atoms with Gasteiger partial charge in [0, 0.05) is 19.6 Å². The van der Waals surface area contributed by atoms with Gasteiger partial charge >= 0.3 is 0 Å². The van der Waals surface area contributed by atoms with Crippen LogP contribution >= 0.6 is 11.3 Å². The van der Waals surface area contributed by atoms with E-state index in [9.17, 15) is 14.3 Å². The van der Waals surface area contributed by atoms with Crippen molar-refractivity contribution in [2.75, 3.05) is 19.7 Å². The Bertz CT molecular complexity index is 886. The van der Waals surface area contributed by atoms with Crippen LogP contribution in [0.2, 0.25) is 0 Å². The second kappa shape index (κ2) is 8.38. The number of hydrogen-bond donors (Lipinski definition) is 2. The summed E-state index contributed by atoms with van der Waals surface area (Å²) < 4.78 is 20.0. The van der Waals surface area contributed by atoms with E-state index in [4.69, 9.17) is 4.74 Å². The summed E-state index contributed by atoms with van der Waals surface area (Å²) in [5.74, 6) is -1.02. The molecule has 1 saturated carbocycles. The Morgan fingerprint density at radius 1 is 1.48 bits per heavy atom. The summed E-state index contributed by atoms with van der Waals surface area (Å²) in [5, 5.41) is 12.6. The fraction of sp³-hybridized carbons (Fsp3) is 0.524. The zero-order valence-corrected chi connectivity index (χ0v) is 17.3. The lowest BCUT2D eigenvalue weighted by molar-refractivity contribution is -0.143. The molecule has 1 aromatic heterocycles. The first kappa shape index (κ1) is 20.3. The smallest absolute Gasteiger partial charge is 0.263 e. The molecule has 0 radical (unpaired) electrons. The molecule has 29 heavy (non-hydrogen) atoms. The number of nitrogens with zero attached hydrogens (tertiary/aromatic N) is 2. The van der Waals surface area contributed by atoms with Crippen LogP contribution in [0.1, 0.15) is 46.6 Å². The van der Waals surface area contributed by atoms with E-state index in [0.29, 0.717) is 24.6 Å². The van der Waals surface area contributed by atoms with Gasteiger partial charge in [0.05, 0.1) is 23.9 Å². The van der Waals surface area contributed by atoms with Gasteiger partial charge in [-0.3, -0.25) is 9.69 Å². The Morgan fingerprint density at radius 3 is 3.10 bits per heavy atom. The topological polar surface area (TPSA) is 74.7 Å². The second-order valence-electron chi connectivity index (χ2n) is 7.95. The van der Waals surface area contributed by atoms with Crippen LogP contribution in [0.15, 0.2) is 23.7 Å². The van der Waals surface area contributed by atoms with Gasteiger partial charge in [0.25, 0.3) is 5.91 Å². The lowest BCUT2D eigenvalue weighted by Gasteiger charge is -2.49. The molecule has 6 nitrogen and oxygen atoms in total. The zero-order chi connectivity index (χ0) is 20.4. The molecule has 2 aliphatic rings. The van der Waals surface area contributed by atoms with Crippen molar-refractivity contribution in [3.05, 3.63) is 45.7 Å². The first-order valence-corrected chi connectivity index (χ1v) is 10.9. The zero-order valence-electron chi connectivity index (χ0n) is 16.5. The molecule has 1 aromatic carbocycles. The largest absolute Gasteiger partial charge is 0.505 e. The third-order valence-corrected chi connectivity index (χ3v) is 6.87. The van der Waals surface area contributed by atoms with Gasteiger partial charge in [-0.15, -0.1) is 11.3 Å². The van der Waals surface area contributed by atoms with Gasteiger partial charge in [-0.05, 0) is 37.5 Å². The van der Waals surface area contributed by atoms with E-state index in [-0.39, 0.29) is 17.7 Å². The standard InChI is InChI=1S/C21H26FN3O3S/c1-14-19(29-13-23-14)20(27)24-18-4-2-3-7-21(18)12-25(8-9-28-21)11-15-5-6-17(26)16(22)10-15/h5-6,10,13,18,26H,2-4,7-9,11-12H2,1H3,(H,24,27)/t18-,21+/m1/s1. The molecule has 1 saturated heterocycles. The van der Waals surface area contributed by atoms with Gasteiger partial charge in [-0.25, -0.2) is 9.37 Å². The Labute approximate surface area is 173 Å².